The van der Waals surface area contributed by atoms with Crippen LogP contribution in [0.25, 0.3) is 21.3 Å². The highest BCUT2D eigenvalue weighted by Crippen LogP contribution is 2.34. The lowest BCUT2D eigenvalue weighted by atomic mass is 9.97. The first-order valence-corrected chi connectivity index (χ1v) is 11.5. The lowest BCUT2D eigenvalue weighted by Gasteiger charge is -2.31. The molecule has 0 spiro atoms. The second-order valence-electron chi connectivity index (χ2n) is 8.04. The number of thiazole rings is 1. The summed E-state index contributed by atoms with van der Waals surface area (Å²) in [7, 11) is 0. The van der Waals surface area contributed by atoms with Gasteiger partial charge in [0.25, 0.3) is 11.5 Å². The summed E-state index contributed by atoms with van der Waals surface area (Å²) < 4.78 is 2.93. The van der Waals surface area contributed by atoms with E-state index in [4.69, 9.17) is 4.98 Å². The molecule has 1 saturated heterocycles. The van der Waals surface area contributed by atoms with Crippen molar-refractivity contribution in [3.8, 4) is 0 Å². The van der Waals surface area contributed by atoms with Crippen LogP contribution in [0.3, 0.4) is 0 Å². The number of carbonyl (C=O) groups excluding carboxylic acids is 1. The van der Waals surface area contributed by atoms with Crippen LogP contribution in [-0.4, -0.2) is 38.4 Å². The van der Waals surface area contributed by atoms with Crippen molar-refractivity contribution in [1.29, 1.82) is 0 Å². The molecule has 0 radical (unpaired) electrons. The maximum absolute atomic E-state index is 13.2. The summed E-state index contributed by atoms with van der Waals surface area (Å²) in [6.07, 6.45) is 1.84. The van der Waals surface area contributed by atoms with Crippen LogP contribution in [0.15, 0.2) is 47.3 Å². The van der Waals surface area contributed by atoms with Gasteiger partial charge in [0.05, 0.1) is 26.3 Å². The number of hydrogen-bond acceptors (Lipinski definition) is 5. The highest BCUT2D eigenvalue weighted by molar-refractivity contribution is 7.18. The maximum atomic E-state index is 13.2. The van der Waals surface area contributed by atoms with Gasteiger partial charge in [0.1, 0.15) is 5.69 Å². The van der Waals surface area contributed by atoms with Gasteiger partial charge in [-0.1, -0.05) is 12.1 Å². The highest BCUT2D eigenvalue weighted by atomic mass is 32.1. The van der Waals surface area contributed by atoms with Crippen molar-refractivity contribution in [3.05, 3.63) is 69.1 Å². The Morgan fingerprint density at radius 1 is 1.10 bits per heavy atom. The van der Waals surface area contributed by atoms with E-state index in [0.29, 0.717) is 29.2 Å². The molecule has 0 unspecified atom stereocenters. The molecule has 1 amide bonds. The minimum atomic E-state index is -0.0778. The Bertz CT molecular complexity index is 1320. The number of amides is 1. The molecule has 6 nitrogen and oxygen atoms in total. The number of nitrogens with zero attached hydrogens (tertiary/aromatic N) is 4. The SMILES string of the molecule is CCn1c(=O)c(C)nc2cc(C(=O)N3CCC(c4nc5ccccc5s4)CC3)ccc21. The molecule has 31 heavy (non-hydrogen) atoms. The quantitative estimate of drug-likeness (QED) is 0.483. The van der Waals surface area contributed by atoms with E-state index >= 15 is 0 Å². The van der Waals surface area contributed by atoms with Gasteiger partial charge in [-0.25, -0.2) is 9.97 Å². The van der Waals surface area contributed by atoms with Crippen LogP contribution in [-0.2, 0) is 6.54 Å². The van der Waals surface area contributed by atoms with Crippen LogP contribution < -0.4 is 5.56 Å². The number of para-hydroxylation sites is 1. The van der Waals surface area contributed by atoms with E-state index in [2.05, 4.69) is 17.1 Å². The van der Waals surface area contributed by atoms with E-state index in [-0.39, 0.29) is 11.5 Å². The van der Waals surface area contributed by atoms with E-state index < -0.39 is 0 Å². The van der Waals surface area contributed by atoms with E-state index in [0.717, 1.165) is 37.0 Å². The molecule has 0 bridgehead atoms. The number of hydrogen-bond donors (Lipinski definition) is 0. The molecule has 1 fully saturated rings. The zero-order chi connectivity index (χ0) is 21.5. The van der Waals surface area contributed by atoms with Crippen LogP contribution in [0.2, 0.25) is 0 Å². The Morgan fingerprint density at radius 2 is 1.87 bits per heavy atom. The van der Waals surface area contributed by atoms with Crippen molar-refractivity contribution in [2.75, 3.05) is 13.1 Å². The summed E-state index contributed by atoms with van der Waals surface area (Å²) in [5.74, 6) is 0.430. The van der Waals surface area contributed by atoms with Crippen LogP contribution in [0.5, 0.6) is 0 Å². The van der Waals surface area contributed by atoms with Crippen LogP contribution >= 0.6 is 11.3 Å². The second kappa shape index (κ2) is 7.89. The van der Waals surface area contributed by atoms with E-state index in [9.17, 15) is 9.59 Å². The minimum Gasteiger partial charge on any atom is -0.339 e. The zero-order valence-electron chi connectivity index (χ0n) is 17.7. The van der Waals surface area contributed by atoms with Crippen molar-refractivity contribution in [2.24, 2.45) is 0 Å². The normalized spacial score (nSPS) is 15.1. The molecule has 1 aliphatic heterocycles. The minimum absolute atomic E-state index is 0.0263. The predicted molar refractivity (Wildman–Crippen MR) is 124 cm³/mol. The molecule has 3 heterocycles. The van der Waals surface area contributed by atoms with Crippen molar-refractivity contribution >= 4 is 38.5 Å². The molecular weight excluding hydrogens is 408 g/mol. The Kier molecular flexibility index (Phi) is 5.06. The summed E-state index contributed by atoms with van der Waals surface area (Å²) in [4.78, 5) is 36.6. The van der Waals surface area contributed by atoms with E-state index in [1.165, 1.54) is 9.71 Å². The lowest BCUT2D eigenvalue weighted by Crippen LogP contribution is -2.38. The third-order valence-electron chi connectivity index (χ3n) is 6.11. The van der Waals surface area contributed by atoms with Gasteiger partial charge in [-0.15, -0.1) is 11.3 Å². The number of carbonyl (C=O) groups is 1. The van der Waals surface area contributed by atoms with Gasteiger partial charge in [0.15, 0.2) is 0 Å². The average Bonchev–Trinajstić information content (AvgIpc) is 3.24. The molecule has 0 aliphatic carbocycles. The number of benzene rings is 2. The van der Waals surface area contributed by atoms with Crippen molar-refractivity contribution < 1.29 is 4.79 Å². The first-order valence-electron chi connectivity index (χ1n) is 10.7. The predicted octanol–water partition coefficient (Wildman–Crippen LogP) is 4.35. The third-order valence-corrected chi connectivity index (χ3v) is 7.31. The Labute approximate surface area is 184 Å². The summed E-state index contributed by atoms with van der Waals surface area (Å²) in [6.45, 7) is 5.67. The maximum Gasteiger partial charge on any atom is 0.272 e. The molecular formula is C24H24N4O2S. The third kappa shape index (κ3) is 3.53. The van der Waals surface area contributed by atoms with Gasteiger partial charge < -0.3 is 9.47 Å². The Morgan fingerprint density at radius 3 is 2.61 bits per heavy atom. The summed E-state index contributed by atoms with van der Waals surface area (Å²) in [5, 5.41) is 1.18. The number of fused-ring (bicyclic) bond motifs is 2. The van der Waals surface area contributed by atoms with Crippen molar-refractivity contribution in [2.45, 2.75) is 39.2 Å². The number of likely N-dealkylation sites (tertiary alicyclic amines) is 1. The molecule has 2 aromatic carbocycles. The number of piperidine rings is 1. The molecule has 1 aliphatic rings. The monoisotopic (exact) mass is 432 g/mol. The molecule has 0 N–H and O–H groups in total. The zero-order valence-corrected chi connectivity index (χ0v) is 18.5. The molecule has 7 heteroatoms. The van der Waals surface area contributed by atoms with Crippen LogP contribution in [0.1, 0.15) is 46.7 Å². The van der Waals surface area contributed by atoms with E-state index in [1.54, 1.807) is 22.8 Å². The standard InChI is InChI=1S/C24H24N4O2S/c1-3-28-20-9-8-17(14-19(20)25-15(2)23(28)29)24(30)27-12-10-16(11-13-27)22-26-18-6-4-5-7-21(18)31-22/h4-9,14,16H,3,10-13H2,1-2H3. The lowest BCUT2D eigenvalue weighted by molar-refractivity contribution is 0.0713. The summed E-state index contributed by atoms with van der Waals surface area (Å²) >= 11 is 1.77. The molecule has 158 valence electrons. The Hall–Kier alpha value is -3.06. The fourth-order valence-electron chi connectivity index (χ4n) is 4.40. The van der Waals surface area contributed by atoms with Crippen LogP contribution in [0.4, 0.5) is 0 Å². The first-order chi connectivity index (χ1) is 15.0. The van der Waals surface area contributed by atoms with Gasteiger partial charge >= 0.3 is 0 Å². The molecule has 0 saturated carbocycles. The smallest absolute Gasteiger partial charge is 0.272 e. The van der Waals surface area contributed by atoms with Crippen LogP contribution in [0, 0.1) is 6.92 Å². The van der Waals surface area contributed by atoms with Gasteiger partial charge in [-0.3, -0.25) is 9.59 Å². The fourth-order valence-corrected chi connectivity index (χ4v) is 5.53. The van der Waals surface area contributed by atoms with Crippen molar-refractivity contribution in [1.82, 2.24) is 19.4 Å². The van der Waals surface area contributed by atoms with Gasteiger partial charge in [0, 0.05) is 31.1 Å². The van der Waals surface area contributed by atoms with E-state index in [1.807, 2.05) is 42.2 Å². The molecule has 2 aromatic heterocycles. The van der Waals surface area contributed by atoms with Gasteiger partial charge in [0.2, 0.25) is 0 Å². The van der Waals surface area contributed by atoms with Gasteiger partial charge in [-0.05, 0) is 57.0 Å². The number of rotatable bonds is 3. The fraction of sp³-hybridized carbons (Fsp3) is 0.333. The highest BCUT2D eigenvalue weighted by Gasteiger charge is 2.27. The van der Waals surface area contributed by atoms with Gasteiger partial charge in [-0.2, -0.15) is 0 Å². The molecule has 0 atom stereocenters. The van der Waals surface area contributed by atoms with Crippen molar-refractivity contribution in [3.63, 3.8) is 0 Å². The number of aryl methyl sites for hydroxylation is 2. The average molecular weight is 433 g/mol. The Balaban J connectivity index is 1.34. The summed E-state index contributed by atoms with van der Waals surface area (Å²) in [5.41, 5.74) is 3.52. The first kappa shape index (κ1) is 19.9. The summed E-state index contributed by atoms with van der Waals surface area (Å²) in [6, 6.07) is 13.7. The molecule has 4 aromatic rings. The molecule has 5 rings (SSSR count). The topological polar surface area (TPSA) is 68.1 Å². The second-order valence-corrected chi connectivity index (χ2v) is 9.10. The number of aromatic nitrogens is 3. The largest absolute Gasteiger partial charge is 0.339 e.